The van der Waals surface area contributed by atoms with Gasteiger partial charge in [0.15, 0.2) is 21.4 Å². The molecule has 7 nitrogen and oxygen atoms in total. The number of para-hydroxylation sites is 1. The smallest absolute Gasteiger partial charge is 0.328 e. The highest BCUT2D eigenvalue weighted by Crippen LogP contribution is 2.26. The topological polar surface area (TPSA) is 90.0 Å². The normalized spacial score (nSPS) is 18.8. The van der Waals surface area contributed by atoms with Crippen molar-refractivity contribution >= 4 is 21.7 Å². The summed E-state index contributed by atoms with van der Waals surface area (Å²) < 4.78 is 49.1. The third-order valence-corrected chi connectivity index (χ3v) is 6.61. The maximum absolute atomic E-state index is 13.9. The summed E-state index contributed by atoms with van der Waals surface area (Å²) in [5.41, 5.74) is 0. The molecule has 0 N–H and O–H groups in total. The number of esters is 1. The molecular formula is C21H22FNO6S. The van der Waals surface area contributed by atoms with Crippen molar-refractivity contribution in [1.29, 1.82) is 0 Å². The Hall–Kier alpha value is -2.94. The second-order valence-electron chi connectivity index (χ2n) is 6.87. The zero-order valence-electron chi connectivity index (χ0n) is 16.4. The van der Waals surface area contributed by atoms with Crippen LogP contribution < -0.4 is 4.74 Å². The zero-order chi connectivity index (χ0) is 21.7. The van der Waals surface area contributed by atoms with Gasteiger partial charge in [0.05, 0.1) is 24.3 Å². The van der Waals surface area contributed by atoms with Gasteiger partial charge >= 0.3 is 5.97 Å². The number of carbonyl (C=O) groups is 2. The van der Waals surface area contributed by atoms with Gasteiger partial charge in [-0.2, -0.15) is 0 Å². The molecule has 2 aromatic rings. The van der Waals surface area contributed by atoms with Gasteiger partial charge in [-0.15, -0.1) is 0 Å². The number of rotatable bonds is 7. The van der Waals surface area contributed by atoms with Crippen LogP contribution in [-0.2, 0) is 24.2 Å². The molecule has 2 aromatic carbocycles. The fraction of sp³-hybridized carbons (Fsp3) is 0.333. The summed E-state index contributed by atoms with van der Waals surface area (Å²) in [5.74, 6) is -2.06. The Bertz CT molecular complexity index is 1010. The van der Waals surface area contributed by atoms with Gasteiger partial charge < -0.3 is 14.4 Å². The number of hydrogen-bond acceptors (Lipinski definition) is 6. The number of hydrogen-bond donors (Lipinski definition) is 0. The molecule has 160 valence electrons. The minimum atomic E-state index is -3.64. The van der Waals surface area contributed by atoms with Gasteiger partial charge in [-0.1, -0.05) is 30.3 Å². The number of ether oxygens (including phenoxy) is 2. The van der Waals surface area contributed by atoms with E-state index in [1.165, 1.54) is 42.3 Å². The SMILES string of the molecule is COC(=O)[C@@H]1C[C@@H](Oc2ccccc2F)CN1C(=O)CCS(=O)(=O)c1ccccc1. The Morgan fingerprint density at radius 2 is 1.77 bits per heavy atom. The summed E-state index contributed by atoms with van der Waals surface area (Å²) in [7, 11) is -2.44. The third-order valence-electron chi connectivity index (χ3n) is 4.87. The molecule has 1 heterocycles. The van der Waals surface area contributed by atoms with Crippen LogP contribution in [0.2, 0.25) is 0 Å². The predicted molar refractivity (Wildman–Crippen MR) is 106 cm³/mol. The Balaban J connectivity index is 1.69. The van der Waals surface area contributed by atoms with Gasteiger partial charge in [0.1, 0.15) is 12.1 Å². The molecule has 0 bridgehead atoms. The monoisotopic (exact) mass is 435 g/mol. The number of sulfone groups is 1. The van der Waals surface area contributed by atoms with E-state index in [0.29, 0.717) is 0 Å². The highest BCUT2D eigenvalue weighted by molar-refractivity contribution is 7.91. The summed E-state index contributed by atoms with van der Waals surface area (Å²) in [4.78, 5) is 26.3. The second kappa shape index (κ2) is 9.25. The number of benzene rings is 2. The number of halogens is 1. The molecule has 0 aliphatic carbocycles. The maximum Gasteiger partial charge on any atom is 0.328 e. The molecule has 1 fully saturated rings. The van der Waals surface area contributed by atoms with Crippen molar-refractivity contribution in [3.05, 3.63) is 60.4 Å². The van der Waals surface area contributed by atoms with Crippen LogP contribution in [0, 0.1) is 5.82 Å². The summed E-state index contributed by atoms with van der Waals surface area (Å²) in [5, 5.41) is 0. The fourth-order valence-electron chi connectivity index (χ4n) is 3.35. The first-order chi connectivity index (χ1) is 14.3. The van der Waals surface area contributed by atoms with Crippen LogP contribution in [0.1, 0.15) is 12.8 Å². The average molecular weight is 435 g/mol. The Labute approximate surface area is 174 Å². The molecule has 0 unspecified atom stereocenters. The van der Waals surface area contributed by atoms with Crippen LogP contribution in [0.5, 0.6) is 5.75 Å². The molecule has 9 heteroatoms. The number of carbonyl (C=O) groups excluding carboxylic acids is 2. The molecule has 1 saturated heterocycles. The van der Waals surface area contributed by atoms with Gasteiger partial charge in [-0.05, 0) is 24.3 Å². The molecule has 0 aromatic heterocycles. The second-order valence-corrected chi connectivity index (χ2v) is 8.98. The van der Waals surface area contributed by atoms with Crippen molar-refractivity contribution in [2.45, 2.75) is 29.9 Å². The minimum absolute atomic E-state index is 0.0204. The molecule has 2 atom stereocenters. The van der Waals surface area contributed by atoms with Gasteiger partial charge in [0.2, 0.25) is 5.91 Å². The summed E-state index contributed by atoms with van der Waals surface area (Å²) in [6.07, 6.45) is -0.796. The number of methoxy groups -OCH3 is 1. The zero-order valence-corrected chi connectivity index (χ0v) is 17.2. The van der Waals surface area contributed by atoms with Crippen molar-refractivity contribution in [2.24, 2.45) is 0 Å². The first kappa shape index (κ1) is 21.8. The molecule has 0 spiro atoms. The predicted octanol–water partition coefficient (Wildman–Crippen LogP) is 2.21. The molecule has 30 heavy (non-hydrogen) atoms. The molecular weight excluding hydrogens is 413 g/mol. The minimum Gasteiger partial charge on any atom is -0.485 e. The highest BCUT2D eigenvalue weighted by Gasteiger charge is 2.41. The maximum atomic E-state index is 13.9. The molecule has 1 aliphatic heterocycles. The first-order valence-corrected chi connectivity index (χ1v) is 11.0. The summed E-state index contributed by atoms with van der Waals surface area (Å²) in [6.45, 7) is 0.0261. The van der Waals surface area contributed by atoms with Gasteiger partial charge in [-0.25, -0.2) is 17.6 Å². The van der Waals surface area contributed by atoms with Crippen LogP contribution in [0.25, 0.3) is 0 Å². The molecule has 1 amide bonds. The van der Waals surface area contributed by atoms with E-state index >= 15 is 0 Å². The largest absolute Gasteiger partial charge is 0.485 e. The highest BCUT2D eigenvalue weighted by atomic mass is 32.2. The van der Waals surface area contributed by atoms with Gasteiger partial charge in [0.25, 0.3) is 0 Å². The standard InChI is InChI=1S/C21H22FNO6S/c1-28-21(25)18-13-15(29-19-10-6-5-9-17(19)22)14-23(18)20(24)11-12-30(26,27)16-7-3-2-4-8-16/h2-10,15,18H,11-14H2,1H3/t15-,18+/m1/s1. The summed E-state index contributed by atoms with van der Waals surface area (Å²) >= 11 is 0. The Morgan fingerprint density at radius 1 is 1.10 bits per heavy atom. The van der Waals surface area contributed by atoms with Crippen molar-refractivity contribution < 1.29 is 31.9 Å². The lowest BCUT2D eigenvalue weighted by molar-refractivity contribution is -0.150. The van der Waals surface area contributed by atoms with E-state index in [-0.39, 0.29) is 35.8 Å². The van der Waals surface area contributed by atoms with Gasteiger partial charge in [0, 0.05) is 12.8 Å². The van der Waals surface area contributed by atoms with E-state index in [1.54, 1.807) is 24.3 Å². The van der Waals surface area contributed by atoms with Crippen molar-refractivity contribution in [3.8, 4) is 5.75 Å². The van der Waals surface area contributed by atoms with Crippen molar-refractivity contribution in [2.75, 3.05) is 19.4 Å². The lowest BCUT2D eigenvalue weighted by Crippen LogP contribution is -2.41. The van der Waals surface area contributed by atoms with E-state index in [1.807, 2.05) is 0 Å². The fourth-order valence-corrected chi connectivity index (χ4v) is 4.60. The van der Waals surface area contributed by atoms with E-state index in [2.05, 4.69) is 0 Å². The lowest BCUT2D eigenvalue weighted by Gasteiger charge is -2.22. The van der Waals surface area contributed by atoms with Crippen molar-refractivity contribution in [3.63, 3.8) is 0 Å². The van der Waals surface area contributed by atoms with E-state index in [4.69, 9.17) is 9.47 Å². The van der Waals surface area contributed by atoms with E-state index in [0.717, 1.165) is 0 Å². The quantitative estimate of drug-likeness (QED) is 0.620. The number of likely N-dealkylation sites (tertiary alicyclic amines) is 1. The van der Waals surface area contributed by atoms with Crippen LogP contribution >= 0.6 is 0 Å². The molecule has 1 aliphatic rings. The lowest BCUT2D eigenvalue weighted by atomic mass is 10.2. The molecule has 0 radical (unpaired) electrons. The van der Waals surface area contributed by atoms with E-state index < -0.39 is 39.7 Å². The van der Waals surface area contributed by atoms with Gasteiger partial charge in [-0.3, -0.25) is 4.79 Å². The molecule has 0 saturated carbocycles. The van der Waals surface area contributed by atoms with E-state index in [9.17, 15) is 22.4 Å². The first-order valence-electron chi connectivity index (χ1n) is 9.38. The summed E-state index contributed by atoms with van der Waals surface area (Å²) in [6, 6.07) is 12.8. The van der Waals surface area contributed by atoms with Crippen LogP contribution in [-0.4, -0.2) is 56.7 Å². The molecule has 3 rings (SSSR count). The average Bonchev–Trinajstić information content (AvgIpc) is 3.18. The number of amides is 1. The van der Waals surface area contributed by atoms with Crippen LogP contribution in [0.15, 0.2) is 59.5 Å². The van der Waals surface area contributed by atoms with Crippen molar-refractivity contribution in [1.82, 2.24) is 4.90 Å². The Morgan fingerprint density at radius 3 is 2.43 bits per heavy atom. The Kier molecular flexibility index (Phi) is 6.71. The third kappa shape index (κ3) is 4.96. The number of nitrogens with zero attached hydrogens (tertiary/aromatic N) is 1. The van der Waals surface area contributed by atoms with Crippen LogP contribution in [0.4, 0.5) is 4.39 Å². The van der Waals surface area contributed by atoms with Crippen LogP contribution in [0.3, 0.4) is 0 Å².